The highest BCUT2D eigenvalue weighted by molar-refractivity contribution is 7.89. The molecule has 0 aromatic heterocycles. The first-order valence-electron chi connectivity index (χ1n) is 8.29. The lowest BCUT2D eigenvalue weighted by Crippen LogP contribution is -2.43. The average Bonchev–Trinajstić information content (AvgIpc) is 2.62. The smallest absolute Gasteiger partial charge is 0.220 e. The number of benzene rings is 1. The van der Waals surface area contributed by atoms with E-state index in [-0.39, 0.29) is 24.6 Å². The van der Waals surface area contributed by atoms with Crippen LogP contribution >= 0.6 is 23.2 Å². The van der Waals surface area contributed by atoms with Gasteiger partial charge in [-0.15, -0.1) is 0 Å². The quantitative estimate of drug-likeness (QED) is 0.612. The summed E-state index contributed by atoms with van der Waals surface area (Å²) in [4.78, 5) is 11.8. The summed E-state index contributed by atoms with van der Waals surface area (Å²) in [5, 5.41) is 3.36. The number of hydrogen-bond acceptors (Lipinski definition) is 5. The number of amides is 1. The number of sulfonamides is 1. The van der Waals surface area contributed by atoms with Gasteiger partial charge in [-0.3, -0.25) is 4.79 Å². The maximum Gasteiger partial charge on any atom is 0.220 e. The molecular weight excluding hydrogens is 403 g/mol. The first kappa shape index (κ1) is 21.2. The van der Waals surface area contributed by atoms with Crippen molar-refractivity contribution in [1.82, 2.24) is 9.62 Å². The Kier molecular flexibility index (Phi) is 8.43. The number of ether oxygens (including phenoxy) is 2. The summed E-state index contributed by atoms with van der Waals surface area (Å²) in [6, 6.07) is 5.09. The van der Waals surface area contributed by atoms with Crippen LogP contribution < -0.4 is 10.1 Å². The van der Waals surface area contributed by atoms with Crippen molar-refractivity contribution in [3.8, 4) is 5.75 Å². The largest absolute Gasteiger partial charge is 0.492 e. The summed E-state index contributed by atoms with van der Waals surface area (Å²) in [7, 11) is -3.36. The summed E-state index contributed by atoms with van der Waals surface area (Å²) < 4.78 is 36.3. The number of nitrogens with one attached hydrogen (secondary N) is 1. The molecule has 1 fully saturated rings. The van der Waals surface area contributed by atoms with Crippen LogP contribution in [0, 0.1) is 0 Å². The van der Waals surface area contributed by atoms with Crippen LogP contribution in [0.4, 0.5) is 0 Å². The Hall–Kier alpha value is -1.06. The highest BCUT2D eigenvalue weighted by atomic mass is 35.5. The molecule has 2 rings (SSSR count). The molecule has 26 heavy (non-hydrogen) atoms. The van der Waals surface area contributed by atoms with Crippen LogP contribution in [0.1, 0.15) is 12.8 Å². The van der Waals surface area contributed by atoms with Crippen LogP contribution in [0.3, 0.4) is 0 Å². The van der Waals surface area contributed by atoms with Gasteiger partial charge in [0.15, 0.2) is 0 Å². The van der Waals surface area contributed by atoms with E-state index in [1.807, 2.05) is 0 Å². The van der Waals surface area contributed by atoms with E-state index in [9.17, 15) is 13.2 Å². The van der Waals surface area contributed by atoms with Gasteiger partial charge in [0.1, 0.15) is 10.8 Å². The van der Waals surface area contributed by atoms with Crippen molar-refractivity contribution in [1.29, 1.82) is 0 Å². The van der Waals surface area contributed by atoms with E-state index in [0.717, 1.165) is 0 Å². The summed E-state index contributed by atoms with van der Waals surface area (Å²) in [5.41, 5.74) is 0. The van der Waals surface area contributed by atoms with Gasteiger partial charge in [-0.25, -0.2) is 8.42 Å². The van der Waals surface area contributed by atoms with Gasteiger partial charge in [-0.1, -0.05) is 29.3 Å². The molecule has 1 N–H and O–H groups in total. The van der Waals surface area contributed by atoms with Gasteiger partial charge in [-0.05, 0) is 18.6 Å². The minimum absolute atomic E-state index is 0.0828. The van der Waals surface area contributed by atoms with Crippen molar-refractivity contribution >= 4 is 39.1 Å². The summed E-state index contributed by atoms with van der Waals surface area (Å²) in [6.07, 6.45) is 0.709. The van der Waals surface area contributed by atoms with Gasteiger partial charge in [0, 0.05) is 26.1 Å². The Balaban J connectivity index is 1.62. The Bertz CT molecular complexity index is 709. The Morgan fingerprint density at radius 3 is 2.73 bits per heavy atom. The minimum Gasteiger partial charge on any atom is -0.492 e. The van der Waals surface area contributed by atoms with Gasteiger partial charge < -0.3 is 14.8 Å². The van der Waals surface area contributed by atoms with Crippen LogP contribution in [-0.4, -0.2) is 63.8 Å². The van der Waals surface area contributed by atoms with Crippen molar-refractivity contribution in [2.45, 2.75) is 12.8 Å². The van der Waals surface area contributed by atoms with Gasteiger partial charge in [0.05, 0.1) is 30.6 Å². The monoisotopic (exact) mass is 424 g/mol. The van der Waals surface area contributed by atoms with E-state index < -0.39 is 10.0 Å². The number of morpholine rings is 1. The van der Waals surface area contributed by atoms with E-state index >= 15 is 0 Å². The fourth-order valence-corrected chi connectivity index (χ4v) is 4.04. The number of hydrogen-bond donors (Lipinski definition) is 1. The van der Waals surface area contributed by atoms with Crippen LogP contribution in [0.25, 0.3) is 0 Å². The molecule has 0 spiro atoms. The lowest BCUT2D eigenvalue weighted by Gasteiger charge is -2.26. The molecule has 1 amide bonds. The number of carbonyl (C=O) groups excluding carboxylic acids is 1. The summed E-state index contributed by atoms with van der Waals surface area (Å²) >= 11 is 11.9. The molecule has 0 atom stereocenters. The third-order valence-corrected chi connectivity index (χ3v) is 6.44. The van der Waals surface area contributed by atoms with Crippen molar-refractivity contribution in [2.75, 3.05) is 45.2 Å². The SMILES string of the molecule is O=C(CCCOc1cccc(Cl)c1Cl)NCCS(=O)(=O)N1CCOCC1. The molecular formula is C16H22Cl2N2O5S. The average molecular weight is 425 g/mol. The lowest BCUT2D eigenvalue weighted by molar-refractivity contribution is -0.121. The maximum absolute atomic E-state index is 12.1. The first-order chi connectivity index (χ1) is 12.4. The van der Waals surface area contributed by atoms with Crippen molar-refractivity contribution in [3.05, 3.63) is 28.2 Å². The van der Waals surface area contributed by atoms with Gasteiger partial charge in [0.2, 0.25) is 15.9 Å². The summed E-state index contributed by atoms with van der Waals surface area (Å²) in [5.74, 6) is 0.132. The van der Waals surface area contributed by atoms with Crippen molar-refractivity contribution in [2.24, 2.45) is 0 Å². The molecule has 0 saturated carbocycles. The second kappa shape index (κ2) is 10.3. The summed E-state index contributed by atoms with van der Waals surface area (Å²) in [6.45, 7) is 1.92. The van der Waals surface area contributed by atoms with Gasteiger partial charge >= 0.3 is 0 Å². The third-order valence-electron chi connectivity index (χ3n) is 3.77. The van der Waals surface area contributed by atoms with E-state index in [2.05, 4.69) is 5.32 Å². The Morgan fingerprint density at radius 2 is 2.00 bits per heavy atom. The fourth-order valence-electron chi connectivity index (χ4n) is 2.37. The van der Waals surface area contributed by atoms with Crippen LogP contribution in [0.2, 0.25) is 10.0 Å². The highest BCUT2D eigenvalue weighted by Gasteiger charge is 2.23. The number of carbonyl (C=O) groups is 1. The van der Waals surface area contributed by atoms with Gasteiger partial charge in [-0.2, -0.15) is 4.31 Å². The second-order valence-corrected chi connectivity index (χ2v) is 8.55. The fraction of sp³-hybridized carbons (Fsp3) is 0.562. The normalized spacial score (nSPS) is 15.6. The zero-order chi connectivity index (χ0) is 19.0. The highest BCUT2D eigenvalue weighted by Crippen LogP contribution is 2.31. The second-order valence-electron chi connectivity index (χ2n) is 5.68. The Morgan fingerprint density at radius 1 is 1.27 bits per heavy atom. The topological polar surface area (TPSA) is 84.9 Å². The standard InChI is InChI=1S/C16H22Cl2N2O5S/c17-13-3-1-4-14(16(13)18)25-9-2-5-15(21)19-6-12-26(22,23)20-7-10-24-11-8-20/h1,3-4H,2,5-12H2,(H,19,21). The van der Waals surface area contributed by atoms with E-state index in [0.29, 0.717) is 55.1 Å². The number of halogens is 2. The molecule has 7 nitrogen and oxygen atoms in total. The molecule has 1 saturated heterocycles. The molecule has 10 heteroatoms. The first-order valence-corrected chi connectivity index (χ1v) is 10.7. The molecule has 1 aliphatic heterocycles. The zero-order valence-electron chi connectivity index (χ0n) is 14.2. The molecule has 1 heterocycles. The number of rotatable bonds is 9. The predicted octanol–water partition coefficient (Wildman–Crippen LogP) is 1.93. The molecule has 1 aromatic rings. The van der Waals surface area contributed by atoms with E-state index in [4.69, 9.17) is 32.7 Å². The zero-order valence-corrected chi connectivity index (χ0v) is 16.6. The van der Waals surface area contributed by atoms with E-state index in [1.54, 1.807) is 18.2 Å². The molecule has 1 aliphatic rings. The predicted molar refractivity (Wildman–Crippen MR) is 100 cm³/mol. The third kappa shape index (κ3) is 6.59. The maximum atomic E-state index is 12.1. The molecule has 0 aliphatic carbocycles. The van der Waals surface area contributed by atoms with Crippen LogP contribution in [0.5, 0.6) is 5.75 Å². The van der Waals surface area contributed by atoms with Crippen LogP contribution in [0.15, 0.2) is 18.2 Å². The molecule has 0 unspecified atom stereocenters. The van der Waals surface area contributed by atoms with E-state index in [1.165, 1.54) is 4.31 Å². The van der Waals surface area contributed by atoms with Crippen molar-refractivity contribution in [3.63, 3.8) is 0 Å². The van der Waals surface area contributed by atoms with Crippen molar-refractivity contribution < 1.29 is 22.7 Å². The molecule has 0 radical (unpaired) electrons. The van der Waals surface area contributed by atoms with Crippen LogP contribution in [-0.2, 0) is 19.6 Å². The molecule has 146 valence electrons. The minimum atomic E-state index is -3.36. The molecule has 0 bridgehead atoms. The van der Waals surface area contributed by atoms with Gasteiger partial charge in [0.25, 0.3) is 0 Å². The molecule has 1 aromatic carbocycles. The number of nitrogens with zero attached hydrogens (tertiary/aromatic N) is 1. The Labute approximate surface area is 163 Å². The lowest BCUT2D eigenvalue weighted by atomic mass is 10.3.